The topological polar surface area (TPSA) is 51.0 Å². The van der Waals surface area contributed by atoms with Crippen LogP contribution >= 0.6 is 0 Å². The molecule has 21 heavy (non-hydrogen) atoms. The van der Waals surface area contributed by atoms with Gasteiger partial charge in [-0.15, -0.1) is 0 Å². The number of ether oxygens (including phenoxy) is 2. The zero-order valence-electron chi connectivity index (χ0n) is 13.3. The maximum absolute atomic E-state index is 6.00. The van der Waals surface area contributed by atoms with E-state index in [9.17, 15) is 0 Å². The second-order valence-corrected chi connectivity index (χ2v) is 5.69. The Balaban J connectivity index is 1.89. The summed E-state index contributed by atoms with van der Waals surface area (Å²) in [5.41, 5.74) is 7.02. The second-order valence-electron chi connectivity index (χ2n) is 5.69. The first-order valence-electron chi connectivity index (χ1n) is 7.57. The molecule has 1 aliphatic heterocycles. The summed E-state index contributed by atoms with van der Waals surface area (Å²) in [5.74, 6) is 1.63. The average molecular weight is 293 g/mol. The fraction of sp³-hybridized carbons (Fsp3) is 0.625. The zero-order chi connectivity index (χ0) is 15.2. The Morgan fingerprint density at radius 1 is 1.24 bits per heavy atom. The molecule has 0 saturated carbocycles. The predicted molar refractivity (Wildman–Crippen MR) is 85.0 cm³/mol. The molecular formula is C16H27N3O2. The molecule has 1 aromatic rings. The summed E-state index contributed by atoms with van der Waals surface area (Å²) in [6.07, 6.45) is 0. The van der Waals surface area contributed by atoms with E-state index in [1.54, 1.807) is 7.11 Å². The van der Waals surface area contributed by atoms with Gasteiger partial charge >= 0.3 is 0 Å². The van der Waals surface area contributed by atoms with Crippen LogP contribution in [0.2, 0.25) is 0 Å². The van der Waals surface area contributed by atoms with Gasteiger partial charge in [0.25, 0.3) is 0 Å². The summed E-state index contributed by atoms with van der Waals surface area (Å²) in [6, 6.07) is 5.78. The van der Waals surface area contributed by atoms with Gasteiger partial charge in [0, 0.05) is 50.4 Å². The first-order valence-corrected chi connectivity index (χ1v) is 7.57. The molecule has 1 fully saturated rings. The summed E-state index contributed by atoms with van der Waals surface area (Å²) in [7, 11) is 3.83. The van der Waals surface area contributed by atoms with Gasteiger partial charge in [0.2, 0.25) is 0 Å². The molecule has 118 valence electrons. The largest absolute Gasteiger partial charge is 0.497 e. The van der Waals surface area contributed by atoms with Crippen molar-refractivity contribution in [1.29, 1.82) is 0 Å². The lowest BCUT2D eigenvalue weighted by Gasteiger charge is -2.32. The van der Waals surface area contributed by atoms with Gasteiger partial charge < -0.3 is 20.1 Å². The smallest absolute Gasteiger partial charge is 0.127 e. The number of hydrogen-bond acceptors (Lipinski definition) is 5. The molecule has 0 radical (unpaired) electrons. The van der Waals surface area contributed by atoms with E-state index in [0.717, 1.165) is 49.8 Å². The quantitative estimate of drug-likeness (QED) is 0.858. The minimum atomic E-state index is -0.0467. The van der Waals surface area contributed by atoms with Gasteiger partial charge in [-0.25, -0.2) is 0 Å². The van der Waals surface area contributed by atoms with Crippen molar-refractivity contribution in [1.82, 2.24) is 9.80 Å². The van der Waals surface area contributed by atoms with Crippen molar-refractivity contribution in [3.63, 3.8) is 0 Å². The highest BCUT2D eigenvalue weighted by Gasteiger charge is 2.14. The monoisotopic (exact) mass is 293 g/mol. The van der Waals surface area contributed by atoms with Gasteiger partial charge in [-0.1, -0.05) is 6.07 Å². The molecule has 0 bridgehead atoms. The Hall–Kier alpha value is -1.30. The molecule has 1 saturated heterocycles. The van der Waals surface area contributed by atoms with E-state index in [0.29, 0.717) is 6.61 Å². The average Bonchev–Trinajstić information content (AvgIpc) is 2.49. The molecule has 0 aliphatic carbocycles. The Kier molecular flexibility index (Phi) is 5.85. The van der Waals surface area contributed by atoms with Crippen LogP contribution in [-0.4, -0.2) is 63.3 Å². The SMILES string of the molecule is COc1ccc([C@H](C)N)c(OCCN2CCN(C)CC2)c1. The maximum atomic E-state index is 6.00. The Morgan fingerprint density at radius 2 is 1.95 bits per heavy atom. The van der Waals surface area contributed by atoms with Gasteiger partial charge in [-0.05, 0) is 20.0 Å². The number of piperazine rings is 1. The second kappa shape index (κ2) is 7.64. The molecule has 2 N–H and O–H groups in total. The fourth-order valence-corrected chi connectivity index (χ4v) is 2.50. The van der Waals surface area contributed by atoms with Crippen molar-refractivity contribution in [2.45, 2.75) is 13.0 Å². The Morgan fingerprint density at radius 3 is 2.57 bits per heavy atom. The summed E-state index contributed by atoms with van der Waals surface area (Å²) >= 11 is 0. The van der Waals surface area contributed by atoms with E-state index in [1.807, 2.05) is 25.1 Å². The third-order valence-electron chi connectivity index (χ3n) is 3.97. The third kappa shape index (κ3) is 4.59. The van der Waals surface area contributed by atoms with E-state index in [-0.39, 0.29) is 6.04 Å². The van der Waals surface area contributed by atoms with Crippen molar-refractivity contribution in [2.24, 2.45) is 5.73 Å². The van der Waals surface area contributed by atoms with Crippen LogP contribution in [0, 0.1) is 0 Å². The number of nitrogens with zero attached hydrogens (tertiary/aromatic N) is 2. The molecule has 5 heteroatoms. The van der Waals surface area contributed by atoms with E-state index in [2.05, 4.69) is 16.8 Å². The molecule has 1 aliphatic rings. The summed E-state index contributed by atoms with van der Waals surface area (Å²) in [6.45, 7) is 8.07. The van der Waals surface area contributed by atoms with Gasteiger partial charge in [0.05, 0.1) is 7.11 Å². The number of methoxy groups -OCH3 is 1. The molecule has 0 spiro atoms. The van der Waals surface area contributed by atoms with Crippen LogP contribution in [0.1, 0.15) is 18.5 Å². The summed E-state index contributed by atoms with van der Waals surface area (Å²) in [5, 5.41) is 0. The standard InChI is InChI=1S/C16H27N3O2/c1-13(17)15-5-4-14(20-3)12-16(15)21-11-10-19-8-6-18(2)7-9-19/h4-5,12-13H,6-11,17H2,1-3H3/t13-/m0/s1. The maximum Gasteiger partial charge on any atom is 0.127 e. The molecule has 0 aromatic heterocycles. The number of likely N-dealkylation sites (N-methyl/N-ethyl adjacent to an activating group) is 1. The number of hydrogen-bond donors (Lipinski definition) is 1. The summed E-state index contributed by atoms with van der Waals surface area (Å²) in [4.78, 5) is 4.79. The van der Waals surface area contributed by atoms with E-state index < -0.39 is 0 Å². The van der Waals surface area contributed by atoms with Gasteiger partial charge in [-0.2, -0.15) is 0 Å². The van der Waals surface area contributed by atoms with Crippen LogP contribution in [-0.2, 0) is 0 Å². The van der Waals surface area contributed by atoms with Gasteiger partial charge in [0.15, 0.2) is 0 Å². The zero-order valence-corrected chi connectivity index (χ0v) is 13.3. The van der Waals surface area contributed by atoms with Gasteiger partial charge in [-0.3, -0.25) is 4.90 Å². The van der Waals surface area contributed by atoms with Crippen molar-refractivity contribution in [2.75, 3.05) is 53.5 Å². The molecule has 0 unspecified atom stereocenters. The lowest BCUT2D eigenvalue weighted by molar-refractivity contribution is 0.133. The third-order valence-corrected chi connectivity index (χ3v) is 3.97. The first-order chi connectivity index (χ1) is 10.1. The first kappa shape index (κ1) is 16.1. The van der Waals surface area contributed by atoms with Gasteiger partial charge in [0.1, 0.15) is 18.1 Å². The highest BCUT2D eigenvalue weighted by molar-refractivity contribution is 5.42. The molecule has 2 rings (SSSR count). The van der Waals surface area contributed by atoms with E-state index in [1.165, 1.54) is 0 Å². The van der Waals surface area contributed by atoms with Crippen LogP contribution in [0.15, 0.2) is 18.2 Å². The highest BCUT2D eigenvalue weighted by atomic mass is 16.5. The minimum Gasteiger partial charge on any atom is -0.497 e. The molecule has 1 atom stereocenters. The van der Waals surface area contributed by atoms with Crippen LogP contribution in [0.3, 0.4) is 0 Å². The predicted octanol–water partition coefficient (Wildman–Crippen LogP) is 1.34. The van der Waals surface area contributed by atoms with Crippen LogP contribution in [0.4, 0.5) is 0 Å². The number of rotatable bonds is 6. The molecule has 5 nitrogen and oxygen atoms in total. The number of benzene rings is 1. The Bertz CT molecular complexity index is 443. The normalized spacial score (nSPS) is 18.5. The van der Waals surface area contributed by atoms with E-state index >= 15 is 0 Å². The van der Waals surface area contributed by atoms with Crippen LogP contribution in [0.5, 0.6) is 11.5 Å². The van der Waals surface area contributed by atoms with Crippen molar-refractivity contribution in [3.8, 4) is 11.5 Å². The van der Waals surface area contributed by atoms with Crippen LogP contribution < -0.4 is 15.2 Å². The number of nitrogens with two attached hydrogens (primary N) is 1. The van der Waals surface area contributed by atoms with E-state index in [4.69, 9.17) is 15.2 Å². The minimum absolute atomic E-state index is 0.0467. The fourth-order valence-electron chi connectivity index (χ4n) is 2.50. The summed E-state index contributed by atoms with van der Waals surface area (Å²) < 4.78 is 11.2. The van der Waals surface area contributed by atoms with Crippen LogP contribution in [0.25, 0.3) is 0 Å². The highest BCUT2D eigenvalue weighted by Crippen LogP contribution is 2.28. The Labute approximate surface area is 127 Å². The lowest BCUT2D eigenvalue weighted by atomic mass is 10.1. The lowest BCUT2D eigenvalue weighted by Crippen LogP contribution is -2.45. The molecule has 1 aromatic carbocycles. The van der Waals surface area contributed by atoms with Crippen molar-refractivity contribution < 1.29 is 9.47 Å². The molecule has 0 amide bonds. The van der Waals surface area contributed by atoms with Crippen molar-refractivity contribution in [3.05, 3.63) is 23.8 Å². The molecular weight excluding hydrogens is 266 g/mol. The van der Waals surface area contributed by atoms with Crippen molar-refractivity contribution >= 4 is 0 Å². The molecule has 1 heterocycles.